The molecule has 1 aliphatic rings. The normalized spacial score (nSPS) is 16.0. The number of fused-ring (bicyclic) bond motifs is 1. The van der Waals surface area contributed by atoms with E-state index in [1.807, 2.05) is 31.2 Å². The van der Waals surface area contributed by atoms with Gasteiger partial charge < -0.3 is 20.4 Å². The Morgan fingerprint density at radius 2 is 2.20 bits per heavy atom. The van der Waals surface area contributed by atoms with Crippen LogP contribution in [0.5, 0.6) is 5.75 Å². The molecule has 0 saturated heterocycles. The third kappa shape index (κ3) is 4.62. The molecule has 1 atom stereocenters. The highest BCUT2D eigenvalue weighted by molar-refractivity contribution is 5.74. The van der Waals surface area contributed by atoms with Crippen molar-refractivity contribution in [3.63, 3.8) is 0 Å². The van der Waals surface area contributed by atoms with Gasteiger partial charge in [0, 0.05) is 11.8 Å². The van der Waals surface area contributed by atoms with Gasteiger partial charge in [-0.3, -0.25) is 4.79 Å². The van der Waals surface area contributed by atoms with Crippen molar-refractivity contribution in [1.82, 2.24) is 15.6 Å². The standard InChI is InChI=1S/C19H23N3O3/c1-13-4-2-5-14(12-13)25-11-10-20-19(24)22-17-7-3-6-16-15(17)8-9-18(23)21-16/h2,4-5,8-9,12,17H,3,6-7,10-11H2,1H3,(H,21,23)(H2,20,22,24)/t17-/m1/s1. The fraction of sp³-hybridized carbons (Fsp3) is 0.368. The molecule has 6 nitrogen and oxygen atoms in total. The molecule has 1 aromatic carbocycles. The Bertz CT molecular complexity index is 800. The van der Waals surface area contributed by atoms with E-state index in [9.17, 15) is 9.59 Å². The predicted molar refractivity (Wildman–Crippen MR) is 96.0 cm³/mol. The lowest BCUT2D eigenvalue weighted by Crippen LogP contribution is -2.41. The SMILES string of the molecule is Cc1cccc(OCCNC(=O)N[C@@H]2CCCc3[nH]c(=O)ccc32)c1. The van der Waals surface area contributed by atoms with Gasteiger partial charge in [0.05, 0.1) is 12.6 Å². The fourth-order valence-corrected chi connectivity index (χ4v) is 3.10. The highest BCUT2D eigenvalue weighted by Crippen LogP contribution is 2.27. The maximum atomic E-state index is 12.1. The van der Waals surface area contributed by atoms with Crippen molar-refractivity contribution in [3.05, 3.63) is 63.6 Å². The van der Waals surface area contributed by atoms with Crippen LogP contribution in [0, 0.1) is 6.92 Å². The summed E-state index contributed by atoms with van der Waals surface area (Å²) >= 11 is 0. The zero-order valence-corrected chi connectivity index (χ0v) is 14.3. The second-order valence-electron chi connectivity index (χ2n) is 6.27. The van der Waals surface area contributed by atoms with Gasteiger partial charge in [-0.15, -0.1) is 0 Å². The Hall–Kier alpha value is -2.76. The molecule has 2 aromatic rings. The molecule has 0 aliphatic heterocycles. The van der Waals surface area contributed by atoms with Crippen LogP contribution in [-0.2, 0) is 6.42 Å². The first-order chi connectivity index (χ1) is 12.1. The zero-order valence-electron chi connectivity index (χ0n) is 14.3. The lowest BCUT2D eigenvalue weighted by Gasteiger charge is -2.25. The van der Waals surface area contributed by atoms with Gasteiger partial charge in [-0.1, -0.05) is 12.1 Å². The fourth-order valence-electron chi connectivity index (χ4n) is 3.10. The minimum atomic E-state index is -0.225. The van der Waals surface area contributed by atoms with E-state index >= 15 is 0 Å². The first-order valence-corrected chi connectivity index (χ1v) is 8.58. The van der Waals surface area contributed by atoms with Gasteiger partial charge in [-0.2, -0.15) is 0 Å². The summed E-state index contributed by atoms with van der Waals surface area (Å²) in [5.74, 6) is 0.798. The maximum Gasteiger partial charge on any atom is 0.315 e. The first kappa shape index (κ1) is 17.1. The topological polar surface area (TPSA) is 83.2 Å². The summed E-state index contributed by atoms with van der Waals surface area (Å²) < 4.78 is 5.61. The second kappa shape index (κ2) is 7.88. The minimum absolute atomic E-state index is 0.0710. The van der Waals surface area contributed by atoms with Gasteiger partial charge >= 0.3 is 6.03 Å². The summed E-state index contributed by atoms with van der Waals surface area (Å²) in [5, 5.41) is 5.78. The minimum Gasteiger partial charge on any atom is -0.492 e. The number of pyridine rings is 1. The van der Waals surface area contributed by atoms with Gasteiger partial charge in [-0.05, 0) is 55.5 Å². The van der Waals surface area contributed by atoms with Crippen molar-refractivity contribution < 1.29 is 9.53 Å². The molecule has 0 spiro atoms. The first-order valence-electron chi connectivity index (χ1n) is 8.58. The van der Waals surface area contributed by atoms with E-state index in [-0.39, 0.29) is 17.6 Å². The van der Waals surface area contributed by atoms with Gasteiger partial charge in [-0.25, -0.2) is 4.79 Å². The molecule has 1 aliphatic carbocycles. The van der Waals surface area contributed by atoms with Crippen molar-refractivity contribution in [2.24, 2.45) is 0 Å². The summed E-state index contributed by atoms with van der Waals surface area (Å²) in [7, 11) is 0. The number of nitrogens with one attached hydrogen (secondary N) is 3. The van der Waals surface area contributed by atoms with Crippen LogP contribution in [0.2, 0.25) is 0 Å². The average molecular weight is 341 g/mol. The molecule has 2 amide bonds. The Morgan fingerprint density at radius 3 is 3.04 bits per heavy atom. The third-order valence-electron chi connectivity index (χ3n) is 4.28. The summed E-state index contributed by atoms with van der Waals surface area (Å²) in [4.78, 5) is 26.4. The van der Waals surface area contributed by atoms with E-state index in [2.05, 4.69) is 15.6 Å². The Morgan fingerprint density at radius 1 is 1.32 bits per heavy atom. The highest BCUT2D eigenvalue weighted by Gasteiger charge is 2.22. The van der Waals surface area contributed by atoms with Crippen LogP contribution in [0.25, 0.3) is 0 Å². The van der Waals surface area contributed by atoms with Crippen molar-refractivity contribution in [2.45, 2.75) is 32.2 Å². The summed E-state index contributed by atoms with van der Waals surface area (Å²) in [6.45, 7) is 2.84. The van der Waals surface area contributed by atoms with Crippen LogP contribution in [0.1, 0.15) is 35.7 Å². The predicted octanol–water partition coefficient (Wildman–Crippen LogP) is 2.44. The van der Waals surface area contributed by atoms with E-state index in [0.29, 0.717) is 13.2 Å². The van der Waals surface area contributed by atoms with Gasteiger partial charge in [0.15, 0.2) is 0 Å². The molecular formula is C19H23N3O3. The zero-order chi connectivity index (χ0) is 17.6. The molecule has 1 aromatic heterocycles. The number of rotatable bonds is 5. The Balaban J connectivity index is 1.46. The van der Waals surface area contributed by atoms with Crippen LogP contribution in [0.3, 0.4) is 0 Å². The second-order valence-corrected chi connectivity index (χ2v) is 6.27. The molecule has 0 saturated carbocycles. The molecule has 0 fully saturated rings. The van der Waals surface area contributed by atoms with E-state index in [1.165, 1.54) is 6.07 Å². The van der Waals surface area contributed by atoms with E-state index in [0.717, 1.165) is 41.8 Å². The van der Waals surface area contributed by atoms with Crippen LogP contribution < -0.4 is 20.9 Å². The van der Waals surface area contributed by atoms with Crippen molar-refractivity contribution >= 4 is 6.03 Å². The molecule has 1 heterocycles. The number of H-pyrrole nitrogens is 1. The molecule has 3 rings (SSSR count). The number of aromatic amines is 1. The van der Waals surface area contributed by atoms with E-state index in [1.54, 1.807) is 6.07 Å². The number of amides is 2. The number of aromatic nitrogens is 1. The summed E-state index contributed by atoms with van der Waals surface area (Å²) in [6.07, 6.45) is 2.65. The van der Waals surface area contributed by atoms with E-state index in [4.69, 9.17) is 4.74 Å². The number of urea groups is 1. The molecular weight excluding hydrogens is 318 g/mol. The van der Waals surface area contributed by atoms with Crippen molar-refractivity contribution in [1.29, 1.82) is 0 Å². The van der Waals surface area contributed by atoms with Crippen LogP contribution in [0.4, 0.5) is 4.79 Å². The third-order valence-corrected chi connectivity index (χ3v) is 4.28. The van der Waals surface area contributed by atoms with Gasteiger partial charge in [0.25, 0.3) is 0 Å². The van der Waals surface area contributed by atoms with E-state index < -0.39 is 0 Å². The molecule has 0 unspecified atom stereocenters. The number of aryl methyl sites for hydroxylation is 2. The summed E-state index contributed by atoms with van der Waals surface area (Å²) in [5.41, 5.74) is 2.96. The quantitative estimate of drug-likeness (QED) is 0.731. The molecule has 6 heteroatoms. The largest absolute Gasteiger partial charge is 0.492 e. The lowest BCUT2D eigenvalue weighted by molar-refractivity contribution is 0.231. The smallest absolute Gasteiger partial charge is 0.315 e. The van der Waals surface area contributed by atoms with Crippen LogP contribution in [0.15, 0.2) is 41.2 Å². The molecule has 0 radical (unpaired) electrons. The number of hydrogen-bond acceptors (Lipinski definition) is 3. The number of hydrogen-bond donors (Lipinski definition) is 3. The number of benzene rings is 1. The Labute approximate surface area is 146 Å². The lowest BCUT2D eigenvalue weighted by atomic mass is 9.91. The summed E-state index contributed by atoms with van der Waals surface area (Å²) in [6, 6.07) is 10.8. The molecule has 132 valence electrons. The number of carbonyl (C=O) groups is 1. The maximum absolute atomic E-state index is 12.1. The molecule has 25 heavy (non-hydrogen) atoms. The Kier molecular flexibility index (Phi) is 5.38. The number of carbonyl (C=O) groups excluding carboxylic acids is 1. The van der Waals surface area contributed by atoms with Crippen molar-refractivity contribution in [2.75, 3.05) is 13.2 Å². The van der Waals surface area contributed by atoms with Gasteiger partial charge in [0.1, 0.15) is 12.4 Å². The van der Waals surface area contributed by atoms with Crippen molar-refractivity contribution in [3.8, 4) is 5.75 Å². The van der Waals surface area contributed by atoms with Crippen LogP contribution >= 0.6 is 0 Å². The van der Waals surface area contributed by atoms with Crippen LogP contribution in [-0.4, -0.2) is 24.2 Å². The average Bonchev–Trinajstić information content (AvgIpc) is 2.59. The van der Waals surface area contributed by atoms with Gasteiger partial charge in [0.2, 0.25) is 5.56 Å². The highest BCUT2D eigenvalue weighted by atomic mass is 16.5. The number of ether oxygens (including phenoxy) is 1. The molecule has 0 bridgehead atoms. The monoisotopic (exact) mass is 341 g/mol. The molecule has 3 N–H and O–H groups in total.